The second kappa shape index (κ2) is 8.50. The number of methoxy groups -OCH3 is 1. The van der Waals surface area contributed by atoms with Crippen molar-refractivity contribution in [2.75, 3.05) is 20.3 Å². The van der Waals surface area contributed by atoms with Gasteiger partial charge >= 0.3 is 0 Å². The zero-order valence-corrected chi connectivity index (χ0v) is 14.7. The van der Waals surface area contributed by atoms with Gasteiger partial charge in [0.25, 0.3) is 0 Å². The van der Waals surface area contributed by atoms with Crippen LogP contribution in [-0.4, -0.2) is 20.3 Å². The van der Waals surface area contributed by atoms with Crippen LogP contribution >= 0.6 is 34.8 Å². The smallest absolute Gasteiger partial charge is 0.179 e. The highest BCUT2D eigenvalue weighted by Gasteiger charge is 2.12. The van der Waals surface area contributed by atoms with E-state index in [9.17, 15) is 0 Å². The van der Waals surface area contributed by atoms with Crippen molar-refractivity contribution in [2.45, 2.75) is 6.54 Å². The largest absolute Gasteiger partial charge is 0.493 e. The van der Waals surface area contributed by atoms with Gasteiger partial charge in [-0.2, -0.15) is 0 Å². The average Bonchev–Trinajstić information content (AvgIpc) is 2.53. The van der Waals surface area contributed by atoms with Gasteiger partial charge in [-0.25, -0.2) is 0 Å². The summed E-state index contributed by atoms with van der Waals surface area (Å²) in [4.78, 5) is 0. The maximum Gasteiger partial charge on any atom is 0.179 e. The highest BCUT2D eigenvalue weighted by molar-refractivity contribution is 6.35. The summed E-state index contributed by atoms with van der Waals surface area (Å²) in [7, 11) is 1.54. The maximum absolute atomic E-state index is 6.19. The van der Waals surface area contributed by atoms with Crippen LogP contribution in [0, 0.1) is 0 Å². The van der Waals surface area contributed by atoms with Crippen LogP contribution in [0.25, 0.3) is 0 Å². The molecule has 0 fully saturated rings. The monoisotopic (exact) mass is 375 g/mol. The molecule has 0 atom stereocenters. The molecule has 0 spiro atoms. The zero-order chi connectivity index (χ0) is 16.8. The first-order chi connectivity index (χ1) is 11.0. The zero-order valence-electron chi connectivity index (χ0n) is 12.4. The van der Waals surface area contributed by atoms with E-state index in [0.29, 0.717) is 45.5 Å². The summed E-state index contributed by atoms with van der Waals surface area (Å²) >= 11 is 18.1. The van der Waals surface area contributed by atoms with Crippen molar-refractivity contribution < 1.29 is 14.2 Å². The van der Waals surface area contributed by atoms with Gasteiger partial charge in [0, 0.05) is 11.6 Å². The molecule has 4 nitrogen and oxygen atoms in total. The Balaban J connectivity index is 1.96. The number of benzene rings is 2. The molecule has 0 aromatic heterocycles. The van der Waals surface area contributed by atoms with Crippen LogP contribution in [-0.2, 0) is 6.54 Å². The lowest BCUT2D eigenvalue weighted by Crippen LogP contribution is -2.10. The molecule has 0 heterocycles. The maximum atomic E-state index is 6.19. The second-order valence-corrected chi connectivity index (χ2v) is 5.84. The Labute approximate surface area is 150 Å². The number of ether oxygens (including phenoxy) is 3. The van der Waals surface area contributed by atoms with Gasteiger partial charge in [-0.3, -0.25) is 0 Å². The van der Waals surface area contributed by atoms with Gasteiger partial charge < -0.3 is 19.9 Å². The topological polar surface area (TPSA) is 53.7 Å². The van der Waals surface area contributed by atoms with Crippen molar-refractivity contribution in [1.82, 2.24) is 0 Å². The third-order valence-electron chi connectivity index (χ3n) is 3.01. The summed E-state index contributed by atoms with van der Waals surface area (Å²) in [5, 5.41) is 1.44. The summed E-state index contributed by atoms with van der Waals surface area (Å²) in [6, 6.07) is 8.56. The van der Waals surface area contributed by atoms with Crippen molar-refractivity contribution in [3.63, 3.8) is 0 Å². The molecule has 0 aliphatic carbocycles. The Morgan fingerprint density at radius 3 is 2.30 bits per heavy atom. The van der Waals surface area contributed by atoms with E-state index in [-0.39, 0.29) is 6.61 Å². The van der Waals surface area contributed by atoms with Crippen LogP contribution in [0.1, 0.15) is 5.56 Å². The first-order valence-electron chi connectivity index (χ1n) is 6.82. The average molecular weight is 377 g/mol. The number of hydrogen-bond donors (Lipinski definition) is 1. The van der Waals surface area contributed by atoms with E-state index in [1.54, 1.807) is 37.4 Å². The standard InChI is InChI=1S/C16H16Cl3NO3/c1-21-15-7-10(9-20)6-13(19)16(15)23-5-4-22-14-3-2-11(17)8-12(14)18/h2-3,6-8H,4-5,9,20H2,1H3. The predicted octanol–water partition coefficient (Wildman–Crippen LogP) is 4.57. The SMILES string of the molecule is COc1cc(CN)cc(Cl)c1OCCOc1ccc(Cl)cc1Cl. The molecule has 0 unspecified atom stereocenters. The van der Waals surface area contributed by atoms with Crippen LogP contribution < -0.4 is 19.9 Å². The Kier molecular flexibility index (Phi) is 6.66. The summed E-state index contributed by atoms with van der Waals surface area (Å²) < 4.78 is 16.5. The van der Waals surface area contributed by atoms with E-state index >= 15 is 0 Å². The predicted molar refractivity (Wildman–Crippen MR) is 93.3 cm³/mol. The Morgan fingerprint density at radius 2 is 1.65 bits per heavy atom. The summed E-state index contributed by atoms with van der Waals surface area (Å²) in [6.45, 7) is 0.936. The van der Waals surface area contributed by atoms with Crippen LogP contribution in [0.2, 0.25) is 15.1 Å². The lowest BCUT2D eigenvalue weighted by atomic mass is 10.2. The van der Waals surface area contributed by atoms with Crippen LogP contribution in [0.5, 0.6) is 17.2 Å². The molecule has 124 valence electrons. The molecule has 2 aromatic carbocycles. The minimum absolute atomic E-state index is 0.275. The van der Waals surface area contributed by atoms with Gasteiger partial charge in [0.05, 0.1) is 17.2 Å². The fourth-order valence-electron chi connectivity index (χ4n) is 1.92. The molecule has 0 aliphatic heterocycles. The molecule has 0 bridgehead atoms. The van der Waals surface area contributed by atoms with Crippen molar-refractivity contribution >= 4 is 34.8 Å². The van der Waals surface area contributed by atoms with Gasteiger partial charge in [0.1, 0.15) is 19.0 Å². The number of hydrogen-bond acceptors (Lipinski definition) is 4. The minimum atomic E-state index is 0.275. The van der Waals surface area contributed by atoms with E-state index in [1.807, 2.05) is 0 Å². The van der Waals surface area contributed by atoms with Gasteiger partial charge in [0.2, 0.25) is 0 Å². The molecule has 7 heteroatoms. The summed E-state index contributed by atoms with van der Waals surface area (Å²) in [6.07, 6.45) is 0. The minimum Gasteiger partial charge on any atom is -0.493 e. The van der Waals surface area contributed by atoms with E-state index in [0.717, 1.165) is 5.56 Å². The fraction of sp³-hybridized carbons (Fsp3) is 0.250. The quantitative estimate of drug-likeness (QED) is 0.719. The van der Waals surface area contributed by atoms with E-state index < -0.39 is 0 Å². The normalized spacial score (nSPS) is 10.5. The number of halogens is 3. The van der Waals surface area contributed by atoms with Crippen molar-refractivity contribution in [2.24, 2.45) is 5.73 Å². The fourth-order valence-corrected chi connectivity index (χ4v) is 2.67. The highest BCUT2D eigenvalue weighted by Crippen LogP contribution is 2.36. The molecule has 2 N–H and O–H groups in total. The third kappa shape index (κ3) is 4.82. The molecular formula is C16H16Cl3NO3. The lowest BCUT2D eigenvalue weighted by molar-refractivity contribution is 0.211. The van der Waals surface area contributed by atoms with Crippen LogP contribution in [0.3, 0.4) is 0 Å². The second-order valence-electron chi connectivity index (χ2n) is 4.58. The van der Waals surface area contributed by atoms with E-state index in [2.05, 4.69) is 0 Å². The van der Waals surface area contributed by atoms with Gasteiger partial charge in [-0.15, -0.1) is 0 Å². The number of nitrogens with two attached hydrogens (primary N) is 1. The molecule has 0 aliphatic rings. The Hall–Kier alpha value is -1.33. The Morgan fingerprint density at radius 1 is 0.913 bits per heavy atom. The molecule has 0 saturated heterocycles. The van der Waals surface area contributed by atoms with Crippen molar-refractivity contribution in [3.05, 3.63) is 51.0 Å². The summed E-state index contributed by atoms with van der Waals surface area (Å²) in [5.41, 5.74) is 6.47. The molecule has 0 saturated carbocycles. The summed E-state index contributed by atoms with van der Waals surface area (Å²) in [5.74, 6) is 1.52. The van der Waals surface area contributed by atoms with Crippen LogP contribution in [0.15, 0.2) is 30.3 Å². The van der Waals surface area contributed by atoms with Gasteiger partial charge in [0.15, 0.2) is 11.5 Å². The van der Waals surface area contributed by atoms with Crippen molar-refractivity contribution in [1.29, 1.82) is 0 Å². The lowest BCUT2D eigenvalue weighted by Gasteiger charge is -2.14. The molecule has 0 amide bonds. The molecule has 23 heavy (non-hydrogen) atoms. The third-order valence-corrected chi connectivity index (χ3v) is 3.82. The molecule has 2 aromatic rings. The number of rotatable bonds is 7. The van der Waals surface area contributed by atoms with Crippen molar-refractivity contribution in [3.8, 4) is 17.2 Å². The first-order valence-corrected chi connectivity index (χ1v) is 7.95. The molecule has 2 rings (SSSR count). The molecule has 0 radical (unpaired) electrons. The van der Waals surface area contributed by atoms with E-state index in [1.165, 1.54) is 0 Å². The van der Waals surface area contributed by atoms with E-state index in [4.69, 9.17) is 54.7 Å². The Bertz CT molecular complexity index is 680. The van der Waals surface area contributed by atoms with Gasteiger partial charge in [-0.1, -0.05) is 34.8 Å². The molecular weight excluding hydrogens is 361 g/mol. The highest BCUT2D eigenvalue weighted by atomic mass is 35.5. The van der Waals surface area contributed by atoms with Crippen LogP contribution in [0.4, 0.5) is 0 Å². The first kappa shape index (κ1) is 18.0. The van der Waals surface area contributed by atoms with Gasteiger partial charge in [-0.05, 0) is 35.9 Å².